The minimum absolute atomic E-state index is 0.0567. The van der Waals surface area contributed by atoms with Crippen LogP contribution in [0.5, 0.6) is 0 Å². The second-order valence-electron chi connectivity index (χ2n) is 5.16. The summed E-state index contributed by atoms with van der Waals surface area (Å²) < 4.78 is 31.9. The number of benzene rings is 2. The first-order valence-corrected chi connectivity index (χ1v) is 7.37. The number of oxazole rings is 1. The van der Waals surface area contributed by atoms with Gasteiger partial charge in [0.15, 0.2) is 11.7 Å². The molecule has 24 heavy (non-hydrogen) atoms. The molecule has 122 valence electrons. The Morgan fingerprint density at radius 2 is 1.92 bits per heavy atom. The second kappa shape index (κ2) is 7.04. The molecule has 0 aliphatic heterocycles. The minimum atomic E-state index is -0.814. The maximum Gasteiger partial charge on any atom is 0.224 e. The van der Waals surface area contributed by atoms with E-state index in [1.165, 1.54) is 6.07 Å². The van der Waals surface area contributed by atoms with Crippen LogP contribution >= 0.6 is 0 Å². The molecule has 0 saturated heterocycles. The van der Waals surface area contributed by atoms with Crippen LogP contribution in [0.3, 0.4) is 0 Å². The smallest absolute Gasteiger partial charge is 0.224 e. The molecule has 0 aliphatic rings. The van der Waals surface area contributed by atoms with Crippen LogP contribution in [0.15, 0.2) is 59.1 Å². The quantitative estimate of drug-likeness (QED) is 0.764. The molecular weight excluding hydrogens is 314 g/mol. The lowest BCUT2D eigenvalue weighted by Gasteiger charge is -2.05. The molecule has 6 heteroatoms. The highest BCUT2D eigenvalue weighted by Gasteiger charge is 2.11. The van der Waals surface area contributed by atoms with Crippen molar-refractivity contribution in [2.75, 3.05) is 5.32 Å². The highest BCUT2D eigenvalue weighted by atomic mass is 19.1. The number of nitrogens with zero attached hydrogens (tertiary/aromatic N) is 1. The monoisotopic (exact) mass is 328 g/mol. The standard InChI is InChI=1S/C18H14F2N2O2/c19-13-6-7-15(14(20)10-13)22-17(23)8-9-18-21-11-16(24-18)12-4-2-1-3-5-12/h1-7,10-11H,8-9H2,(H,22,23). The zero-order chi connectivity index (χ0) is 16.9. The summed E-state index contributed by atoms with van der Waals surface area (Å²) in [4.78, 5) is 16.0. The molecule has 0 unspecified atom stereocenters. The van der Waals surface area contributed by atoms with E-state index in [0.717, 1.165) is 17.7 Å². The lowest BCUT2D eigenvalue weighted by atomic mass is 10.2. The van der Waals surface area contributed by atoms with Gasteiger partial charge in [0.2, 0.25) is 5.91 Å². The third kappa shape index (κ3) is 3.84. The molecule has 1 N–H and O–H groups in total. The number of amides is 1. The van der Waals surface area contributed by atoms with E-state index in [1.54, 1.807) is 6.20 Å². The van der Waals surface area contributed by atoms with Crippen LogP contribution in [0.25, 0.3) is 11.3 Å². The highest BCUT2D eigenvalue weighted by molar-refractivity contribution is 5.90. The van der Waals surface area contributed by atoms with E-state index in [2.05, 4.69) is 10.3 Å². The number of nitrogens with one attached hydrogen (secondary N) is 1. The molecule has 4 nitrogen and oxygen atoms in total. The first-order valence-electron chi connectivity index (χ1n) is 7.37. The topological polar surface area (TPSA) is 55.1 Å². The van der Waals surface area contributed by atoms with Crippen molar-refractivity contribution in [2.24, 2.45) is 0 Å². The van der Waals surface area contributed by atoms with Gasteiger partial charge in [-0.15, -0.1) is 0 Å². The molecule has 0 aliphatic carbocycles. The Bertz CT molecular complexity index is 847. The number of rotatable bonds is 5. The van der Waals surface area contributed by atoms with Crippen molar-refractivity contribution in [3.05, 3.63) is 72.3 Å². The van der Waals surface area contributed by atoms with Gasteiger partial charge in [0.25, 0.3) is 0 Å². The van der Waals surface area contributed by atoms with Crippen molar-refractivity contribution >= 4 is 11.6 Å². The summed E-state index contributed by atoms with van der Waals surface area (Å²) in [5, 5.41) is 2.40. The fraction of sp³-hybridized carbons (Fsp3) is 0.111. The molecule has 0 bridgehead atoms. The van der Waals surface area contributed by atoms with Gasteiger partial charge >= 0.3 is 0 Å². The molecule has 1 aromatic heterocycles. The maximum absolute atomic E-state index is 13.5. The lowest BCUT2D eigenvalue weighted by Crippen LogP contribution is -2.13. The summed E-state index contributed by atoms with van der Waals surface area (Å²) in [5.74, 6) is -0.872. The average molecular weight is 328 g/mol. The predicted octanol–water partition coefficient (Wildman–Crippen LogP) is 4.19. The van der Waals surface area contributed by atoms with Gasteiger partial charge in [-0.3, -0.25) is 4.79 Å². The van der Waals surface area contributed by atoms with Crippen molar-refractivity contribution in [1.29, 1.82) is 0 Å². The summed E-state index contributed by atoms with van der Waals surface area (Å²) in [7, 11) is 0. The number of hydrogen-bond acceptors (Lipinski definition) is 3. The number of carbonyl (C=O) groups excluding carboxylic acids is 1. The van der Waals surface area contributed by atoms with Gasteiger partial charge < -0.3 is 9.73 Å². The fourth-order valence-electron chi connectivity index (χ4n) is 2.19. The Kier molecular flexibility index (Phi) is 4.65. The van der Waals surface area contributed by atoms with Gasteiger partial charge in [-0.2, -0.15) is 0 Å². The van der Waals surface area contributed by atoms with Crippen LogP contribution in [-0.4, -0.2) is 10.9 Å². The summed E-state index contributed by atoms with van der Waals surface area (Å²) in [5.41, 5.74) is 0.841. The minimum Gasteiger partial charge on any atom is -0.441 e. The highest BCUT2D eigenvalue weighted by Crippen LogP contribution is 2.20. The molecule has 1 amide bonds. The summed E-state index contributed by atoms with van der Waals surface area (Å²) in [6.07, 6.45) is 1.95. The van der Waals surface area contributed by atoms with Crippen molar-refractivity contribution in [3.63, 3.8) is 0 Å². The normalized spacial score (nSPS) is 10.6. The van der Waals surface area contributed by atoms with Gasteiger partial charge in [-0.05, 0) is 12.1 Å². The number of aromatic nitrogens is 1. The molecule has 1 heterocycles. The third-order valence-corrected chi connectivity index (χ3v) is 3.38. The largest absolute Gasteiger partial charge is 0.441 e. The molecule has 0 spiro atoms. The van der Waals surface area contributed by atoms with Crippen molar-refractivity contribution < 1.29 is 18.0 Å². The Hall–Kier alpha value is -3.02. The molecule has 0 radical (unpaired) electrons. The number of hydrogen-bond donors (Lipinski definition) is 1. The maximum atomic E-state index is 13.5. The van der Waals surface area contributed by atoms with E-state index in [4.69, 9.17) is 4.42 Å². The molecule has 0 fully saturated rings. The van der Waals surface area contributed by atoms with Crippen LogP contribution < -0.4 is 5.32 Å². The summed E-state index contributed by atoms with van der Waals surface area (Å²) in [6.45, 7) is 0. The Morgan fingerprint density at radius 3 is 2.67 bits per heavy atom. The third-order valence-electron chi connectivity index (χ3n) is 3.38. The Balaban J connectivity index is 1.58. The first kappa shape index (κ1) is 15.9. The average Bonchev–Trinajstić information content (AvgIpc) is 3.05. The van der Waals surface area contributed by atoms with Gasteiger partial charge in [-0.1, -0.05) is 30.3 Å². The molecule has 0 atom stereocenters. The number of halogens is 2. The van der Waals surface area contributed by atoms with Crippen molar-refractivity contribution in [2.45, 2.75) is 12.8 Å². The molecule has 2 aromatic carbocycles. The number of anilines is 1. The van der Waals surface area contributed by atoms with Gasteiger partial charge in [0.1, 0.15) is 11.6 Å². The Morgan fingerprint density at radius 1 is 1.12 bits per heavy atom. The van der Waals surface area contributed by atoms with E-state index in [1.807, 2.05) is 30.3 Å². The Labute approximate surface area is 137 Å². The van der Waals surface area contributed by atoms with Crippen LogP contribution in [0, 0.1) is 11.6 Å². The predicted molar refractivity (Wildman–Crippen MR) is 85.2 cm³/mol. The zero-order valence-corrected chi connectivity index (χ0v) is 12.6. The van der Waals surface area contributed by atoms with Gasteiger partial charge in [-0.25, -0.2) is 13.8 Å². The zero-order valence-electron chi connectivity index (χ0n) is 12.6. The van der Waals surface area contributed by atoms with Crippen LogP contribution in [0.1, 0.15) is 12.3 Å². The van der Waals surface area contributed by atoms with Crippen molar-refractivity contribution in [1.82, 2.24) is 4.98 Å². The van der Waals surface area contributed by atoms with E-state index in [9.17, 15) is 13.6 Å². The van der Waals surface area contributed by atoms with Crippen LogP contribution in [-0.2, 0) is 11.2 Å². The fourth-order valence-corrected chi connectivity index (χ4v) is 2.19. The molecular formula is C18H14F2N2O2. The molecule has 3 aromatic rings. The molecule has 0 saturated carbocycles. The van der Waals surface area contributed by atoms with Crippen LogP contribution in [0.4, 0.5) is 14.5 Å². The molecule has 3 rings (SSSR count). The second-order valence-corrected chi connectivity index (χ2v) is 5.16. The van der Waals surface area contributed by atoms with E-state index in [-0.39, 0.29) is 18.5 Å². The van der Waals surface area contributed by atoms with Gasteiger partial charge in [0, 0.05) is 24.5 Å². The van der Waals surface area contributed by atoms with Crippen molar-refractivity contribution in [3.8, 4) is 11.3 Å². The number of carbonyl (C=O) groups is 1. The summed E-state index contributed by atoms with van der Waals surface area (Å²) in [6, 6.07) is 12.5. The van der Waals surface area contributed by atoms with E-state index in [0.29, 0.717) is 11.7 Å². The van der Waals surface area contributed by atoms with Gasteiger partial charge in [0.05, 0.1) is 11.9 Å². The SMILES string of the molecule is O=C(CCc1ncc(-c2ccccc2)o1)Nc1ccc(F)cc1F. The lowest BCUT2D eigenvalue weighted by molar-refractivity contribution is -0.116. The number of aryl methyl sites for hydroxylation is 1. The first-order chi connectivity index (χ1) is 11.6. The van der Waals surface area contributed by atoms with E-state index >= 15 is 0 Å². The van der Waals surface area contributed by atoms with E-state index < -0.39 is 17.5 Å². The van der Waals surface area contributed by atoms with Crippen LogP contribution in [0.2, 0.25) is 0 Å². The summed E-state index contributed by atoms with van der Waals surface area (Å²) >= 11 is 0.